The third-order valence-electron chi connectivity index (χ3n) is 6.52. The van der Waals surface area contributed by atoms with Gasteiger partial charge in [-0.15, -0.1) is 0 Å². The highest BCUT2D eigenvalue weighted by atomic mass is 16.2. The minimum atomic E-state index is 0.0134. The minimum Gasteiger partial charge on any atom is -0.354 e. The van der Waals surface area contributed by atoms with Gasteiger partial charge in [0.1, 0.15) is 5.82 Å². The molecule has 30 heavy (non-hydrogen) atoms. The molecule has 2 aliphatic heterocycles. The van der Waals surface area contributed by atoms with Crippen molar-refractivity contribution in [1.29, 1.82) is 0 Å². The fourth-order valence-corrected chi connectivity index (χ4v) is 4.58. The molecule has 7 nitrogen and oxygen atoms in total. The van der Waals surface area contributed by atoms with Gasteiger partial charge in [0.15, 0.2) is 5.65 Å². The lowest BCUT2D eigenvalue weighted by atomic mass is 9.95. The fourth-order valence-electron chi connectivity index (χ4n) is 4.58. The zero-order valence-corrected chi connectivity index (χ0v) is 17.6. The molecule has 0 saturated carbocycles. The summed E-state index contributed by atoms with van der Waals surface area (Å²) in [6.07, 6.45) is 3.67. The van der Waals surface area contributed by atoms with Gasteiger partial charge in [0.05, 0.1) is 23.9 Å². The number of hydrogen-bond donors (Lipinski definition) is 1. The lowest BCUT2D eigenvalue weighted by Crippen LogP contribution is -2.55. The van der Waals surface area contributed by atoms with Gasteiger partial charge in [0.2, 0.25) is 5.91 Å². The van der Waals surface area contributed by atoms with Crippen LogP contribution in [0, 0.1) is 5.92 Å². The van der Waals surface area contributed by atoms with E-state index in [4.69, 9.17) is 4.98 Å². The number of aromatic nitrogens is 3. The largest absolute Gasteiger partial charge is 0.354 e. The number of hydrogen-bond acceptors (Lipinski definition) is 5. The van der Waals surface area contributed by atoms with E-state index in [9.17, 15) is 4.79 Å². The Morgan fingerprint density at radius 1 is 1.17 bits per heavy atom. The fraction of sp³-hybridized carbons (Fsp3) is 0.435. The Morgan fingerprint density at radius 2 is 1.93 bits per heavy atom. The molecule has 1 N–H and O–H groups in total. The molecule has 1 amide bonds. The van der Waals surface area contributed by atoms with E-state index < -0.39 is 0 Å². The van der Waals surface area contributed by atoms with Crippen LogP contribution < -0.4 is 10.2 Å². The molecule has 156 valence electrons. The van der Waals surface area contributed by atoms with Gasteiger partial charge in [-0.05, 0) is 25.5 Å². The second kappa shape index (κ2) is 7.72. The molecule has 0 spiro atoms. The van der Waals surface area contributed by atoms with Gasteiger partial charge in [0, 0.05) is 44.7 Å². The van der Waals surface area contributed by atoms with Crippen molar-refractivity contribution in [2.75, 3.05) is 38.1 Å². The van der Waals surface area contributed by atoms with Crippen molar-refractivity contribution in [3.8, 4) is 0 Å². The van der Waals surface area contributed by atoms with Crippen LogP contribution in [-0.2, 0) is 17.6 Å². The maximum atomic E-state index is 13.1. The van der Waals surface area contributed by atoms with E-state index in [1.165, 1.54) is 5.56 Å². The molecular formula is C23H28N6O. The quantitative estimate of drug-likeness (QED) is 0.721. The van der Waals surface area contributed by atoms with E-state index >= 15 is 0 Å². The Labute approximate surface area is 176 Å². The van der Waals surface area contributed by atoms with Crippen LogP contribution in [0.3, 0.4) is 0 Å². The average molecular weight is 405 g/mol. The van der Waals surface area contributed by atoms with Crippen molar-refractivity contribution < 1.29 is 4.79 Å². The lowest BCUT2D eigenvalue weighted by Gasteiger charge is -2.43. The van der Waals surface area contributed by atoms with Crippen molar-refractivity contribution in [2.24, 2.45) is 5.92 Å². The smallest absolute Gasteiger partial charge is 0.229 e. The Kier molecular flexibility index (Phi) is 4.90. The number of fused-ring (bicyclic) bond motifs is 2. The molecular weight excluding hydrogens is 376 g/mol. The summed E-state index contributed by atoms with van der Waals surface area (Å²) < 4.78 is 1.95. The first kappa shape index (κ1) is 19.1. The Morgan fingerprint density at radius 3 is 2.73 bits per heavy atom. The summed E-state index contributed by atoms with van der Waals surface area (Å²) in [6, 6.07) is 12.2. The molecule has 0 unspecified atom stereocenters. The number of nitrogens with zero attached hydrogens (tertiary/aromatic N) is 5. The van der Waals surface area contributed by atoms with Gasteiger partial charge in [-0.2, -0.15) is 9.61 Å². The second-order valence-corrected chi connectivity index (χ2v) is 8.35. The van der Waals surface area contributed by atoms with E-state index in [1.807, 2.05) is 40.7 Å². The molecule has 0 aliphatic carbocycles. The first-order valence-electron chi connectivity index (χ1n) is 10.8. The molecule has 1 fully saturated rings. The Balaban J connectivity index is 1.36. The number of nitrogens with one attached hydrogen (secondary N) is 1. The van der Waals surface area contributed by atoms with Crippen molar-refractivity contribution in [3.05, 3.63) is 59.4 Å². The SMILES string of the molecule is C[C@H](c1ccccc1)N(C)C(=O)C1CN(c2c3c(nc4ccnn24)CCNCC3)C1. The van der Waals surface area contributed by atoms with Crippen LogP contribution in [0.15, 0.2) is 42.6 Å². The summed E-state index contributed by atoms with van der Waals surface area (Å²) in [5.74, 6) is 1.34. The van der Waals surface area contributed by atoms with E-state index in [1.54, 1.807) is 6.20 Å². The summed E-state index contributed by atoms with van der Waals surface area (Å²) >= 11 is 0. The average Bonchev–Trinajstić information content (AvgIpc) is 3.08. The first-order valence-corrected chi connectivity index (χ1v) is 10.8. The molecule has 2 aliphatic rings. The molecule has 7 heteroatoms. The van der Waals surface area contributed by atoms with Crippen LogP contribution >= 0.6 is 0 Å². The van der Waals surface area contributed by atoms with Crippen LogP contribution in [0.5, 0.6) is 0 Å². The van der Waals surface area contributed by atoms with Crippen molar-refractivity contribution in [3.63, 3.8) is 0 Å². The molecule has 2 aromatic heterocycles. The Hall–Kier alpha value is -2.93. The molecule has 0 bridgehead atoms. The summed E-state index contributed by atoms with van der Waals surface area (Å²) in [7, 11) is 1.92. The zero-order chi connectivity index (χ0) is 20.7. The number of benzene rings is 1. The van der Waals surface area contributed by atoms with Gasteiger partial charge in [0.25, 0.3) is 0 Å². The number of carbonyl (C=O) groups is 1. The van der Waals surface area contributed by atoms with Crippen molar-refractivity contribution >= 4 is 17.4 Å². The molecule has 3 aromatic rings. The van der Waals surface area contributed by atoms with Crippen LogP contribution in [-0.4, -0.2) is 58.6 Å². The van der Waals surface area contributed by atoms with E-state index in [0.29, 0.717) is 0 Å². The van der Waals surface area contributed by atoms with Gasteiger partial charge in [-0.25, -0.2) is 4.98 Å². The summed E-state index contributed by atoms with van der Waals surface area (Å²) in [4.78, 5) is 22.2. The van der Waals surface area contributed by atoms with Gasteiger partial charge < -0.3 is 15.1 Å². The van der Waals surface area contributed by atoms with Crippen LogP contribution in [0.2, 0.25) is 0 Å². The molecule has 1 aromatic carbocycles. The van der Waals surface area contributed by atoms with Gasteiger partial charge in [-0.3, -0.25) is 4.79 Å². The summed E-state index contributed by atoms with van der Waals surface area (Å²) in [6.45, 7) is 5.44. The highest BCUT2D eigenvalue weighted by molar-refractivity contribution is 5.82. The van der Waals surface area contributed by atoms with E-state index in [2.05, 4.69) is 34.4 Å². The van der Waals surface area contributed by atoms with Crippen molar-refractivity contribution in [1.82, 2.24) is 24.8 Å². The maximum absolute atomic E-state index is 13.1. The zero-order valence-electron chi connectivity index (χ0n) is 17.6. The molecule has 1 saturated heterocycles. The highest BCUT2D eigenvalue weighted by Crippen LogP contribution is 2.33. The van der Waals surface area contributed by atoms with Gasteiger partial charge >= 0.3 is 0 Å². The van der Waals surface area contributed by atoms with Crippen LogP contribution in [0.1, 0.15) is 29.8 Å². The summed E-state index contributed by atoms with van der Waals surface area (Å²) in [5, 5.41) is 7.99. The number of carbonyl (C=O) groups excluding carboxylic acids is 1. The van der Waals surface area contributed by atoms with Crippen molar-refractivity contribution in [2.45, 2.75) is 25.8 Å². The molecule has 5 rings (SSSR count). The molecule has 0 radical (unpaired) electrons. The van der Waals surface area contributed by atoms with E-state index in [0.717, 1.165) is 61.7 Å². The number of rotatable bonds is 4. The standard InChI is InChI=1S/C23H28N6O/c1-16(17-6-4-3-5-7-17)27(2)23(30)18-14-28(15-18)22-19-8-11-24-12-9-20(19)26-21-10-13-25-29(21)22/h3-7,10,13,16,18,24H,8-9,11-12,14-15H2,1-2H3/t16-/m1/s1. The predicted octanol–water partition coefficient (Wildman–Crippen LogP) is 2.07. The van der Waals surface area contributed by atoms with Crippen LogP contribution in [0.4, 0.5) is 5.82 Å². The molecule has 1 atom stereocenters. The monoisotopic (exact) mass is 404 g/mol. The second-order valence-electron chi connectivity index (χ2n) is 8.35. The topological polar surface area (TPSA) is 65.8 Å². The predicted molar refractivity (Wildman–Crippen MR) is 117 cm³/mol. The normalized spacial score (nSPS) is 17.9. The maximum Gasteiger partial charge on any atom is 0.229 e. The molecule has 4 heterocycles. The number of amides is 1. The minimum absolute atomic E-state index is 0.0134. The summed E-state index contributed by atoms with van der Waals surface area (Å²) in [5.41, 5.74) is 4.48. The number of anilines is 1. The Bertz CT molecular complexity index is 1060. The highest BCUT2D eigenvalue weighted by Gasteiger charge is 2.38. The van der Waals surface area contributed by atoms with E-state index in [-0.39, 0.29) is 17.9 Å². The lowest BCUT2D eigenvalue weighted by molar-refractivity contribution is -0.137. The third kappa shape index (κ3) is 3.23. The third-order valence-corrected chi connectivity index (χ3v) is 6.52. The van der Waals surface area contributed by atoms with Crippen LogP contribution in [0.25, 0.3) is 5.65 Å². The van der Waals surface area contributed by atoms with Gasteiger partial charge in [-0.1, -0.05) is 30.3 Å². The first-order chi connectivity index (χ1) is 14.6.